The lowest BCUT2D eigenvalue weighted by Gasteiger charge is -2.39. The number of hydrogen-bond donors (Lipinski definition) is 5. The van der Waals surface area contributed by atoms with E-state index < -0.39 is 14.4 Å². The molecule has 0 saturated heterocycles. The van der Waals surface area contributed by atoms with Gasteiger partial charge in [0.25, 0.3) is 0 Å². The van der Waals surface area contributed by atoms with E-state index >= 15 is 0 Å². The zero-order valence-electron chi connectivity index (χ0n) is 35.3. The fourth-order valence-electron chi connectivity index (χ4n) is 7.74. The number of anilines is 1. The number of unbranched alkanes of at least 4 members (excludes halogenated alkanes) is 1. The van der Waals surface area contributed by atoms with Gasteiger partial charge in [-0.25, -0.2) is 4.79 Å². The zero-order chi connectivity index (χ0) is 42.2. The fourth-order valence-corrected chi connectivity index (χ4v) is 9.01. The number of rotatable bonds is 17. The van der Waals surface area contributed by atoms with Crippen molar-refractivity contribution in [2.75, 3.05) is 24.6 Å². The van der Waals surface area contributed by atoms with Crippen molar-refractivity contribution in [3.63, 3.8) is 0 Å². The van der Waals surface area contributed by atoms with Crippen molar-refractivity contribution in [3.8, 4) is 22.6 Å². The Bertz CT molecular complexity index is 2210. The van der Waals surface area contributed by atoms with Crippen LogP contribution in [0.15, 0.2) is 102 Å². The first kappa shape index (κ1) is 43.6. The van der Waals surface area contributed by atoms with Crippen molar-refractivity contribution in [3.05, 3.63) is 124 Å². The molecule has 0 spiro atoms. The van der Waals surface area contributed by atoms with Crippen molar-refractivity contribution < 1.29 is 24.2 Å². The first-order chi connectivity index (χ1) is 28.2. The van der Waals surface area contributed by atoms with Crippen LogP contribution in [0.2, 0.25) is 18.1 Å². The van der Waals surface area contributed by atoms with E-state index in [2.05, 4.69) is 74.5 Å². The highest BCUT2D eigenvalue weighted by molar-refractivity contribution is 6.74. The normalized spacial score (nSPS) is 16.5. The molecular weight excluding hydrogens is 757 g/mol. The van der Waals surface area contributed by atoms with Gasteiger partial charge in [0, 0.05) is 35.6 Å². The molecule has 1 aliphatic rings. The average Bonchev–Trinajstić information content (AvgIpc) is 3.20. The molecule has 4 aromatic carbocycles. The number of fused-ring (bicyclic) bond motifs is 1. The standard InChI is InChI=1S/C48H62N4O6Si/c1-48(2,3)59(4,5)58-44(40-24-26-43(53)46-41(40)25-27-45(54)51-46)32-50-29-28-33-14-21-38(22-15-33)57-30-10-9-11-34-16-23-39(35-12-7-6-8-13-35)42(31-34)52(47(55)56)37-19-17-36(49)18-20-37/h6-8,12-16,21-27,31,36-37,44,50,53H,9-11,17-20,28-30,32,49H2,1-5H3,(H,51,54)(H,55,56)/t36-,37-,44?. The van der Waals surface area contributed by atoms with Gasteiger partial charge in [-0.15, -0.1) is 0 Å². The average molecular weight is 819 g/mol. The minimum atomic E-state index is -2.17. The highest BCUT2D eigenvalue weighted by Crippen LogP contribution is 2.41. The summed E-state index contributed by atoms with van der Waals surface area (Å²) < 4.78 is 13.1. The van der Waals surface area contributed by atoms with E-state index in [4.69, 9.17) is 14.9 Å². The van der Waals surface area contributed by atoms with Crippen LogP contribution >= 0.6 is 0 Å². The maximum atomic E-state index is 12.7. The molecule has 314 valence electrons. The molecule has 1 fully saturated rings. The molecule has 1 heterocycles. The van der Waals surface area contributed by atoms with E-state index in [1.54, 1.807) is 17.0 Å². The smallest absolute Gasteiger partial charge is 0.412 e. The van der Waals surface area contributed by atoms with E-state index in [0.29, 0.717) is 18.7 Å². The van der Waals surface area contributed by atoms with E-state index in [9.17, 15) is 19.8 Å². The summed E-state index contributed by atoms with van der Waals surface area (Å²) in [6.45, 7) is 13.1. The maximum Gasteiger partial charge on any atom is 0.412 e. The van der Waals surface area contributed by atoms with Crippen LogP contribution in [0.5, 0.6) is 11.5 Å². The molecule has 0 bridgehead atoms. The number of phenols is 1. The number of aromatic nitrogens is 1. The third-order valence-electron chi connectivity index (χ3n) is 12.2. The number of nitrogens with zero attached hydrogens (tertiary/aromatic N) is 1. The number of phenolic OH excluding ortho intramolecular Hbond substituents is 1. The third kappa shape index (κ3) is 11.2. The highest BCUT2D eigenvalue weighted by atomic mass is 28.4. The monoisotopic (exact) mass is 818 g/mol. The number of aromatic hydroxyl groups is 1. The lowest BCUT2D eigenvalue weighted by molar-refractivity contribution is 0.182. The number of hydrogen-bond acceptors (Lipinski definition) is 7. The van der Waals surface area contributed by atoms with Gasteiger partial charge in [-0.05, 0) is 129 Å². The number of nitrogens with two attached hydrogens (primary N) is 1. The van der Waals surface area contributed by atoms with Gasteiger partial charge in [0.05, 0.1) is 23.9 Å². The van der Waals surface area contributed by atoms with Crippen LogP contribution in [0.1, 0.15) is 82.1 Å². The molecule has 1 aliphatic carbocycles. The first-order valence-corrected chi connectivity index (χ1v) is 24.0. The van der Waals surface area contributed by atoms with Crippen molar-refractivity contribution in [2.45, 2.75) is 108 Å². The molecular formula is C48H62N4O6Si. The second-order valence-electron chi connectivity index (χ2n) is 17.5. The Hall–Kier alpha value is -4.94. The van der Waals surface area contributed by atoms with E-state index in [-0.39, 0.29) is 34.5 Å². The van der Waals surface area contributed by atoms with Crippen LogP contribution in [0.25, 0.3) is 22.0 Å². The van der Waals surface area contributed by atoms with Crippen LogP contribution in [0.3, 0.4) is 0 Å². The number of nitrogens with one attached hydrogen (secondary N) is 2. The second-order valence-corrected chi connectivity index (χ2v) is 22.3. The molecule has 1 aromatic heterocycles. The van der Waals surface area contributed by atoms with Crippen LogP contribution in [0.4, 0.5) is 10.5 Å². The van der Waals surface area contributed by atoms with Crippen LogP contribution in [-0.4, -0.2) is 61.4 Å². The third-order valence-corrected chi connectivity index (χ3v) is 16.7. The lowest BCUT2D eigenvalue weighted by atomic mass is 9.89. The van der Waals surface area contributed by atoms with Gasteiger partial charge in [-0.3, -0.25) is 9.69 Å². The van der Waals surface area contributed by atoms with Crippen molar-refractivity contribution >= 4 is 31.0 Å². The summed E-state index contributed by atoms with van der Waals surface area (Å²) in [6, 6.07) is 31.4. The Kier molecular flexibility index (Phi) is 14.4. The van der Waals surface area contributed by atoms with Crippen molar-refractivity contribution in [1.82, 2.24) is 10.3 Å². The predicted molar refractivity (Wildman–Crippen MR) is 241 cm³/mol. The Labute approximate surface area is 349 Å². The van der Waals surface area contributed by atoms with E-state index in [0.717, 1.165) is 97.0 Å². The lowest BCUT2D eigenvalue weighted by Crippen LogP contribution is -2.44. The number of aryl methyl sites for hydroxylation is 1. The molecule has 59 heavy (non-hydrogen) atoms. The summed E-state index contributed by atoms with van der Waals surface area (Å²) in [5, 5.41) is 25.4. The number of amides is 1. The molecule has 0 aliphatic heterocycles. The summed E-state index contributed by atoms with van der Waals surface area (Å²) in [6.07, 6.45) is 5.44. The number of pyridine rings is 1. The summed E-state index contributed by atoms with van der Waals surface area (Å²) in [5.41, 5.74) is 12.3. The van der Waals surface area contributed by atoms with Gasteiger partial charge in [0.2, 0.25) is 5.56 Å². The largest absolute Gasteiger partial charge is 0.506 e. The van der Waals surface area contributed by atoms with Crippen LogP contribution in [-0.2, 0) is 17.3 Å². The molecule has 0 radical (unpaired) electrons. The van der Waals surface area contributed by atoms with Crippen molar-refractivity contribution in [2.24, 2.45) is 5.73 Å². The highest BCUT2D eigenvalue weighted by Gasteiger charge is 2.40. The van der Waals surface area contributed by atoms with Gasteiger partial charge >= 0.3 is 6.09 Å². The van der Waals surface area contributed by atoms with Gasteiger partial charge in [-0.2, -0.15) is 0 Å². The number of H-pyrrole nitrogens is 1. The molecule has 6 rings (SSSR count). The number of ether oxygens (including phenoxy) is 1. The number of carboxylic acid groups (broad SMARTS) is 1. The molecule has 11 heteroatoms. The molecule has 10 nitrogen and oxygen atoms in total. The number of aromatic amines is 1. The summed E-state index contributed by atoms with van der Waals surface area (Å²) in [4.78, 5) is 29.2. The predicted octanol–water partition coefficient (Wildman–Crippen LogP) is 9.95. The minimum Gasteiger partial charge on any atom is -0.506 e. The Morgan fingerprint density at radius 1 is 0.915 bits per heavy atom. The molecule has 5 aromatic rings. The number of carbonyl (C=O) groups is 1. The van der Waals surface area contributed by atoms with Gasteiger partial charge < -0.3 is 35.4 Å². The van der Waals surface area contributed by atoms with Crippen LogP contribution in [0, 0.1) is 0 Å². The zero-order valence-corrected chi connectivity index (χ0v) is 36.3. The summed E-state index contributed by atoms with van der Waals surface area (Å²) in [5.74, 6) is 0.874. The second kappa shape index (κ2) is 19.4. The molecule has 1 atom stereocenters. The SMILES string of the molecule is CC(C)(C)[Si](C)(C)OC(CNCCc1ccc(OCCCCc2ccc(-c3ccccc3)c(N(C(=O)O)[C@H]3CC[C@H](N)CC3)c2)cc1)c1ccc(O)c2[nH]c(=O)ccc12. The Morgan fingerprint density at radius 3 is 2.32 bits per heavy atom. The Balaban J connectivity index is 1.01. The minimum absolute atomic E-state index is 0.00517. The van der Waals surface area contributed by atoms with E-state index in [1.165, 1.54) is 11.6 Å². The molecule has 1 amide bonds. The summed E-state index contributed by atoms with van der Waals surface area (Å²) in [7, 11) is -2.17. The van der Waals surface area contributed by atoms with Gasteiger partial charge in [-0.1, -0.05) is 81.4 Å². The van der Waals surface area contributed by atoms with Crippen LogP contribution < -0.4 is 26.2 Å². The molecule has 6 N–H and O–H groups in total. The van der Waals surface area contributed by atoms with E-state index in [1.807, 2.05) is 48.5 Å². The fraction of sp³-hybridized carbons (Fsp3) is 0.417. The van der Waals surface area contributed by atoms with Crippen molar-refractivity contribution in [1.29, 1.82) is 0 Å². The number of benzene rings is 4. The van der Waals surface area contributed by atoms with Gasteiger partial charge in [0.1, 0.15) is 11.5 Å². The molecule has 1 unspecified atom stereocenters. The Morgan fingerprint density at radius 2 is 1.63 bits per heavy atom. The molecule has 1 saturated carbocycles. The first-order valence-electron chi connectivity index (χ1n) is 21.1. The van der Waals surface area contributed by atoms with Gasteiger partial charge in [0.15, 0.2) is 8.32 Å². The quantitative estimate of drug-likeness (QED) is 0.0460. The topological polar surface area (TPSA) is 150 Å². The maximum absolute atomic E-state index is 12.7. The summed E-state index contributed by atoms with van der Waals surface area (Å²) >= 11 is 0.